The second-order valence-electron chi connectivity index (χ2n) is 5.60. The second kappa shape index (κ2) is 6.80. The highest BCUT2D eigenvalue weighted by molar-refractivity contribution is 6.01. The zero-order valence-electron chi connectivity index (χ0n) is 13.2. The van der Waals surface area contributed by atoms with Crippen molar-refractivity contribution in [3.8, 4) is 11.3 Å². The van der Waals surface area contributed by atoms with E-state index in [-0.39, 0.29) is 24.4 Å². The van der Waals surface area contributed by atoms with E-state index in [1.807, 2.05) is 6.92 Å². The molecule has 1 heterocycles. The number of hydrogen-bond acceptors (Lipinski definition) is 3. The quantitative estimate of drug-likeness (QED) is 0.674. The molecular weight excluding hydrogens is 309 g/mol. The van der Waals surface area contributed by atoms with Crippen LogP contribution in [0.1, 0.15) is 23.7 Å². The molecule has 0 bridgehead atoms. The highest BCUT2D eigenvalue weighted by atomic mass is 19.1. The molecule has 0 aliphatic carbocycles. The monoisotopic (exact) mass is 327 g/mol. The van der Waals surface area contributed by atoms with Gasteiger partial charge in [-0.3, -0.25) is 9.89 Å². The predicted molar refractivity (Wildman–Crippen MR) is 90.1 cm³/mol. The molecule has 0 saturated carbocycles. The lowest BCUT2D eigenvalue weighted by molar-refractivity contribution is 0.0915. The van der Waals surface area contributed by atoms with E-state index in [9.17, 15) is 14.3 Å². The van der Waals surface area contributed by atoms with Crippen LogP contribution in [0.25, 0.3) is 22.2 Å². The van der Waals surface area contributed by atoms with Gasteiger partial charge in [0, 0.05) is 16.5 Å². The van der Waals surface area contributed by atoms with Crippen molar-refractivity contribution < 1.29 is 14.3 Å². The van der Waals surface area contributed by atoms with Gasteiger partial charge in [0.15, 0.2) is 0 Å². The summed E-state index contributed by atoms with van der Waals surface area (Å²) in [5, 5.41) is 19.9. The Balaban J connectivity index is 1.98. The van der Waals surface area contributed by atoms with Crippen LogP contribution in [0.15, 0.2) is 42.5 Å². The van der Waals surface area contributed by atoms with Crippen LogP contribution < -0.4 is 5.32 Å². The van der Waals surface area contributed by atoms with Crippen molar-refractivity contribution in [1.29, 1.82) is 0 Å². The van der Waals surface area contributed by atoms with Crippen LogP contribution >= 0.6 is 0 Å². The summed E-state index contributed by atoms with van der Waals surface area (Å²) in [5.74, 6) is -0.601. The van der Waals surface area contributed by atoms with Gasteiger partial charge in [-0.15, -0.1) is 0 Å². The number of H-pyrrole nitrogens is 1. The molecule has 1 amide bonds. The minimum atomic E-state index is -0.341. The van der Waals surface area contributed by atoms with Crippen LogP contribution in [0.4, 0.5) is 4.39 Å². The number of nitrogens with one attached hydrogen (secondary N) is 2. The number of benzene rings is 2. The molecule has 0 unspecified atom stereocenters. The van der Waals surface area contributed by atoms with Gasteiger partial charge >= 0.3 is 0 Å². The van der Waals surface area contributed by atoms with E-state index in [4.69, 9.17) is 0 Å². The number of carbonyl (C=O) groups excluding carboxylic acids is 1. The molecule has 3 N–H and O–H groups in total. The van der Waals surface area contributed by atoms with Crippen molar-refractivity contribution in [2.45, 2.75) is 19.4 Å². The summed E-state index contributed by atoms with van der Waals surface area (Å²) in [6.07, 6.45) is 0.644. The Hall–Kier alpha value is -2.73. The first-order chi connectivity index (χ1) is 11.6. The van der Waals surface area contributed by atoms with Gasteiger partial charge in [0.05, 0.1) is 18.2 Å². The lowest BCUT2D eigenvalue weighted by Crippen LogP contribution is -2.36. The Morgan fingerprint density at radius 1 is 1.33 bits per heavy atom. The Kier molecular flexibility index (Phi) is 4.57. The van der Waals surface area contributed by atoms with Gasteiger partial charge in [-0.2, -0.15) is 5.10 Å². The second-order valence-corrected chi connectivity index (χ2v) is 5.60. The first kappa shape index (κ1) is 16.1. The number of aliphatic hydroxyl groups excluding tert-OH is 1. The third-order valence-corrected chi connectivity index (χ3v) is 3.97. The van der Waals surface area contributed by atoms with E-state index in [1.54, 1.807) is 30.3 Å². The van der Waals surface area contributed by atoms with Crippen molar-refractivity contribution in [3.05, 3.63) is 53.8 Å². The van der Waals surface area contributed by atoms with Gasteiger partial charge in [0.2, 0.25) is 0 Å². The maximum absolute atomic E-state index is 13.5. The molecule has 24 heavy (non-hydrogen) atoms. The van der Waals surface area contributed by atoms with Gasteiger partial charge in [-0.05, 0) is 36.8 Å². The van der Waals surface area contributed by atoms with Gasteiger partial charge in [0.1, 0.15) is 11.5 Å². The number of fused-ring (bicyclic) bond motifs is 1. The molecule has 3 aromatic rings. The minimum Gasteiger partial charge on any atom is -0.394 e. The summed E-state index contributed by atoms with van der Waals surface area (Å²) in [5.41, 5.74) is 2.46. The fourth-order valence-corrected chi connectivity index (χ4v) is 2.56. The molecule has 124 valence electrons. The molecule has 0 aliphatic rings. The van der Waals surface area contributed by atoms with Crippen LogP contribution in [0.5, 0.6) is 0 Å². The maximum atomic E-state index is 13.5. The summed E-state index contributed by atoms with van der Waals surface area (Å²) in [7, 11) is 0. The van der Waals surface area contributed by atoms with E-state index in [2.05, 4.69) is 15.5 Å². The molecule has 0 saturated heterocycles. The number of aromatic amines is 1. The van der Waals surface area contributed by atoms with E-state index in [0.29, 0.717) is 23.2 Å². The number of amides is 1. The van der Waals surface area contributed by atoms with Crippen LogP contribution in [-0.4, -0.2) is 33.9 Å². The minimum absolute atomic E-state index is 0.106. The van der Waals surface area contributed by atoms with Crippen LogP contribution in [0.2, 0.25) is 0 Å². The summed E-state index contributed by atoms with van der Waals surface area (Å²) in [6, 6.07) is 11.1. The van der Waals surface area contributed by atoms with Crippen LogP contribution in [0.3, 0.4) is 0 Å². The fourth-order valence-electron chi connectivity index (χ4n) is 2.56. The Morgan fingerprint density at radius 3 is 2.88 bits per heavy atom. The lowest BCUT2D eigenvalue weighted by Gasteiger charge is -2.14. The van der Waals surface area contributed by atoms with Crippen molar-refractivity contribution in [2.24, 2.45) is 0 Å². The van der Waals surface area contributed by atoms with E-state index < -0.39 is 0 Å². The van der Waals surface area contributed by atoms with Gasteiger partial charge in [-0.25, -0.2) is 4.39 Å². The standard InChI is InChI=1S/C18H18FN3O2/c1-2-14(10-23)20-18(24)12-6-7-16-15(9-12)17(22-21-16)11-4-3-5-13(19)8-11/h3-9,14,23H,2,10H2,1H3,(H,20,24)(H,21,22)/t14-/m0/s1. The lowest BCUT2D eigenvalue weighted by atomic mass is 10.0. The van der Waals surface area contributed by atoms with E-state index >= 15 is 0 Å². The SMILES string of the molecule is CC[C@@H](CO)NC(=O)c1ccc2[nH]nc(-c3cccc(F)c3)c2c1. The fraction of sp³-hybridized carbons (Fsp3) is 0.222. The van der Waals surface area contributed by atoms with Crippen LogP contribution in [-0.2, 0) is 0 Å². The summed E-state index contributed by atoms with van der Waals surface area (Å²) in [6.45, 7) is 1.78. The molecule has 0 radical (unpaired) electrons. The van der Waals surface area contributed by atoms with Crippen molar-refractivity contribution in [3.63, 3.8) is 0 Å². The van der Waals surface area contributed by atoms with E-state index in [0.717, 1.165) is 10.9 Å². The number of rotatable bonds is 5. The zero-order chi connectivity index (χ0) is 17.1. The van der Waals surface area contributed by atoms with Crippen molar-refractivity contribution in [1.82, 2.24) is 15.5 Å². The Morgan fingerprint density at radius 2 is 2.17 bits per heavy atom. The number of carbonyl (C=O) groups is 1. The maximum Gasteiger partial charge on any atom is 0.251 e. The molecule has 0 fully saturated rings. The molecule has 1 atom stereocenters. The van der Waals surface area contributed by atoms with Gasteiger partial charge in [0.25, 0.3) is 5.91 Å². The first-order valence-electron chi connectivity index (χ1n) is 7.78. The zero-order valence-corrected chi connectivity index (χ0v) is 13.2. The first-order valence-corrected chi connectivity index (χ1v) is 7.78. The molecule has 0 spiro atoms. The van der Waals surface area contributed by atoms with Crippen molar-refractivity contribution >= 4 is 16.8 Å². The third-order valence-electron chi connectivity index (χ3n) is 3.97. The topological polar surface area (TPSA) is 78.0 Å². The van der Waals surface area contributed by atoms with Gasteiger partial charge < -0.3 is 10.4 Å². The highest BCUT2D eigenvalue weighted by Gasteiger charge is 2.14. The number of aromatic nitrogens is 2. The Bertz CT molecular complexity index is 872. The number of hydrogen-bond donors (Lipinski definition) is 3. The predicted octanol–water partition coefficient (Wildman–Crippen LogP) is 2.87. The number of halogens is 1. The van der Waals surface area contributed by atoms with Crippen molar-refractivity contribution in [2.75, 3.05) is 6.61 Å². The smallest absolute Gasteiger partial charge is 0.251 e. The summed E-state index contributed by atoms with van der Waals surface area (Å²) < 4.78 is 13.5. The molecule has 0 aliphatic heterocycles. The third kappa shape index (κ3) is 3.14. The average Bonchev–Trinajstić information content (AvgIpc) is 3.02. The average molecular weight is 327 g/mol. The Labute approximate surface area is 138 Å². The van der Waals surface area contributed by atoms with Gasteiger partial charge in [-0.1, -0.05) is 19.1 Å². The summed E-state index contributed by atoms with van der Waals surface area (Å²) >= 11 is 0. The molecule has 1 aromatic heterocycles. The number of aliphatic hydroxyl groups is 1. The summed E-state index contributed by atoms with van der Waals surface area (Å²) in [4.78, 5) is 12.3. The van der Waals surface area contributed by atoms with Crippen LogP contribution in [0, 0.1) is 5.82 Å². The molecule has 6 heteroatoms. The largest absolute Gasteiger partial charge is 0.394 e. The number of nitrogens with zero attached hydrogens (tertiary/aromatic N) is 1. The molecular formula is C18H18FN3O2. The molecule has 5 nitrogen and oxygen atoms in total. The normalized spacial score (nSPS) is 12.3. The van der Waals surface area contributed by atoms with E-state index in [1.165, 1.54) is 12.1 Å². The molecule has 2 aromatic carbocycles. The highest BCUT2D eigenvalue weighted by Crippen LogP contribution is 2.27. The molecule has 3 rings (SSSR count).